The van der Waals surface area contributed by atoms with E-state index in [1.54, 1.807) is 5.57 Å². The van der Waals surface area contributed by atoms with Gasteiger partial charge in [-0.25, -0.2) is 0 Å². The Morgan fingerprint density at radius 1 is 1.30 bits per heavy atom. The van der Waals surface area contributed by atoms with Gasteiger partial charge in [0.25, 0.3) is 0 Å². The minimum atomic E-state index is -0.551. The lowest BCUT2D eigenvalue weighted by atomic mass is 9.60. The molecule has 0 aromatic rings. The Labute approximate surface area is 210 Å². The van der Waals surface area contributed by atoms with E-state index in [0.717, 1.165) is 38.0 Å². The Bertz CT molecular complexity index is 774. The Kier molecular flexibility index (Phi) is 9.11. The summed E-state index contributed by atoms with van der Waals surface area (Å²) in [5, 5.41) is 10.3. The van der Waals surface area contributed by atoms with Gasteiger partial charge in [-0.2, -0.15) is 0 Å². The van der Waals surface area contributed by atoms with E-state index in [9.17, 15) is 9.90 Å². The quantitative estimate of drug-likeness (QED) is 0.263. The second-order valence-corrected chi connectivity index (χ2v) is 12.4. The second kappa shape index (κ2) is 11.2. The normalized spacial score (nSPS) is 33.9. The highest BCUT2D eigenvalue weighted by molar-refractivity contribution is 9.09. The van der Waals surface area contributed by atoms with Crippen molar-refractivity contribution in [1.29, 1.82) is 0 Å². The Balaban J connectivity index is 1.67. The summed E-state index contributed by atoms with van der Waals surface area (Å²) >= 11 is 3.19. The molecular formula is C29H45BrO3. The number of fused-ring (bicyclic) bond motifs is 1. The first-order valence-corrected chi connectivity index (χ1v) is 14.2. The van der Waals surface area contributed by atoms with Gasteiger partial charge in [-0.3, -0.25) is 4.79 Å². The predicted molar refractivity (Wildman–Crippen MR) is 140 cm³/mol. The lowest BCUT2D eigenvalue weighted by molar-refractivity contribution is -0.146. The molecule has 5 unspecified atom stereocenters. The van der Waals surface area contributed by atoms with Crippen molar-refractivity contribution in [2.24, 2.45) is 23.2 Å². The van der Waals surface area contributed by atoms with E-state index in [-0.39, 0.29) is 17.4 Å². The highest BCUT2D eigenvalue weighted by Gasteiger charge is 2.50. The van der Waals surface area contributed by atoms with E-state index in [4.69, 9.17) is 4.74 Å². The lowest BCUT2D eigenvalue weighted by Crippen LogP contribution is -2.36. The van der Waals surface area contributed by atoms with Gasteiger partial charge < -0.3 is 9.84 Å². The number of ether oxygens (including phenoxy) is 1. The Morgan fingerprint density at radius 2 is 2.06 bits per heavy atom. The number of rotatable bonds is 8. The first kappa shape index (κ1) is 26.7. The van der Waals surface area contributed by atoms with Gasteiger partial charge in [0.1, 0.15) is 11.4 Å². The van der Waals surface area contributed by atoms with Gasteiger partial charge in [0.15, 0.2) is 0 Å². The summed E-state index contributed by atoms with van der Waals surface area (Å²) in [5.74, 6) is 1.99. The van der Waals surface area contributed by atoms with Crippen LogP contribution < -0.4 is 0 Å². The molecule has 0 heterocycles. The molecule has 33 heavy (non-hydrogen) atoms. The summed E-state index contributed by atoms with van der Waals surface area (Å²) in [6.07, 6.45) is 16.9. The molecule has 0 aromatic heterocycles. The number of halogens is 1. The molecule has 0 amide bonds. The van der Waals surface area contributed by atoms with Crippen molar-refractivity contribution in [2.75, 3.05) is 5.33 Å². The molecule has 3 rings (SSSR count). The monoisotopic (exact) mass is 520 g/mol. The van der Waals surface area contributed by atoms with Crippen LogP contribution >= 0.6 is 15.9 Å². The molecular weight excluding hydrogens is 476 g/mol. The zero-order valence-corrected chi connectivity index (χ0v) is 22.9. The number of hydrogen-bond donors (Lipinski definition) is 1. The van der Waals surface area contributed by atoms with Crippen LogP contribution in [0.5, 0.6) is 0 Å². The summed E-state index contributed by atoms with van der Waals surface area (Å²) in [5.41, 5.74) is 3.91. The summed E-state index contributed by atoms with van der Waals surface area (Å²) < 4.78 is 5.59. The summed E-state index contributed by atoms with van der Waals surface area (Å²) in [7, 11) is 0. The van der Waals surface area contributed by atoms with Crippen molar-refractivity contribution in [3.63, 3.8) is 0 Å². The van der Waals surface area contributed by atoms with E-state index < -0.39 is 5.60 Å². The van der Waals surface area contributed by atoms with E-state index in [2.05, 4.69) is 48.5 Å². The first-order chi connectivity index (χ1) is 15.5. The number of aliphatic hydroxyl groups is 1. The fraction of sp³-hybridized carbons (Fsp3) is 0.759. The van der Waals surface area contributed by atoms with E-state index in [1.165, 1.54) is 49.7 Å². The molecule has 0 saturated heterocycles. The van der Waals surface area contributed by atoms with Crippen molar-refractivity contribution in [3.05, 3.63) is 35.5 Å². The van der Waals surface area contributed by atoms with Gasteiger partial charge in [-0.1, -0.05) is 72.5 Å². The number of hydrogen-bond acceptors (Lipinski definition) is 3. The van der Waals surface area contributed by atoms with Crippen LogP contribution in [0.25, 0.3) is 0 Å². The number of allylic oxidation sites excluding steroid dienone is 4. The lowest BCUT2D eigenvalue weighted by Gasteiger charge is -2.44. The molecule has 186 valence electrons. The zero-order valence-electron chi connectivity index (χ0n) is 21.3. The van der Waals surface area contributed by atoms with Crippen LogP contribution in [0.2, 0.25) is 0 Å². The average molecular weight is 522 g/mol. The smallest absolute Gasteiger partial charge is 0.316 e. The maximum Gasteiger partial charge on any atom is 0.316 e. The highest BCUT2D eigenvalue weighted by atomic mass is 79.9. The molecule has 4 heteroatoms. The fourth-order valence-corrected chi connectivity index (χ4v) is 7.10. The number of alkyl halides is 1. The number of carbonyl (C=O) groups excluding carboxylic acids is 1. The molecule has 3 fully saturated rings. The van der Waals surface area contributed by atoms with Gasteiger partial charge in [0.05, 0.1) is 5.60 Å². The minimum Gasteiger partial charge on any atom is -0.461 e. The van der Waals surface area contributed by atoms with E-state index >= 15 is 0 Å². The number of esters is 1. The van der Waals surface area contributed by atoms with Crippen LogP contribution in [0, 0.1) is 23.2 Å². The summed E-state index contributed by atoms with van der Waals surface area (Å²) in [6, 6.07) is 0. The molecule has 1 N–H and O–H groups in total. The van der Waals surface area contributed by atoms with Gasteiger partial charge in [0.2, 0.25) is 0 Å². The third kappa shape index (κ3) is 6.84. The topological polar surface area (TPSA) is 46.5 Å². The fourth-order valence-electron chi connectivity index (χ4n) is 6.97. The molecule has 0 aromatic carbocycles. The highest BCUT2D eigenvalue weighted by Crippen LogP contribution is 2.60. The van der Waals surface area contributed by atoms with Crippen molar-refractivity contribution in [3.8, 4) is 0 Å². The summed E-state index contributed by atoms with van der Waals surface area (Å²) in [4.78, 5) is 11.7. The molecule has 3 nitrogen and oxygen atoms in total. The van der Waals surface area contributed by atoms with Crippen molar-refractivity contribution in [1.82, 2.24) is 0 Å². The van der Waals surface area contributed by atoms with Gasteiger partial charge >= 0.3 is 5.97 Å². The zero-order chi connectivity index (χ0) is 24.2. The van der Waals surface area contributed by atoms with Crippen LogP contribution in [-0.2, 0) is 9.53 Å². The van der Waals surface area contributed by atoms with Crippen LogP contribution in [-0.4, -0.2) is 28.1 Å². The number of carbonyl (C=O) groups is 1. The molecule has 0 spiro atoms. The van der Waals surface area contributed by atoms with E-state index in [0.29, 0.717) is 17.3 Å². The molecule has 0 bridgehead atoms. The van der Waals surface area contributed by atoms with Crippen LogP contribution in [0.1, 0.15) is 98.3 Å². The molecule has 0 aliphatic heterocycles. The molecule has 3 aliphatic rings. The van der Waals surface area contributed by atoms with Crippen LogP contribution in [0.4, 0.5) is 0 Å². The van der Waals surface area contributed by atoms with Gasteiger partial charge in [-0.05, 0) is 94.0 Å². The SMILES string of the molecule is C=C1CCC(OC(=O)CBr)CC1=CC=C1CCCC2(C)C1CCC2C(C)CCCC(C)(C)O. The third-order valence-electron chi connectivity index (χ3n) is 8.75. The first-order valence-electron chi connectivity index (χ1n) is 13.1. The molecule has 3 aliphatic carbocycles. The maximum absolute atomic E-state index is 11.7. The Morgan fingerprint density at radius 3 is 2.76 bits per heavy atom. The molecule has 5 atom stereocenters. The standard InChI is InChI=1S/C29H45BrO3/c1-20-10-13-24(33-27(31)19-30)18-23(20)12-11-22-9-7-17-29(5)25(14-15-26(22)29)21(2)8-6-16-28(3,4)32/h11-12,21,24-26,32H,1,6-10,13-19H2,2-5H3. The van der Waals surface area contributed by atoms with Crippen LogP contribution in [0.3, 0.4) is 0 Å². The van der Waals surface area contributed by atoms with Gasteiger partial charge in [-0.15, -0.1) is 0 Å². The summed E-state index contributed by atoms with van der Waals surface area (Å²) in [6.45, 7) is 13.1. The third-order valence-corrected chi connectivity index (χ3v) is 9.21. The molecule has 3 saturated carbocycles. The largest absolute Gasteiger partial charge is 0.461 e. The van der Waals surface area contributed by atoms with Gasteiger partial charge in [0, 0.05) is 6.42 Å². The maximum atomic E-state index is 11.7. The average Bonchev–Trinajstić information content (AvgIpc) is 3.10. The van der Waals surface area contributed by atoms with Crippen LogP contribution in [0.15, 0.2) is 35.5 Å². The van der Waals surface area contributed by atoms with E-state index in [1.807, 2.05) is 13.8 Å². The Hall–Kier alpha value is -0.870. The second-order valence-electron chi connectivity index (χ2n) is 11.8. The van der Waals surface area contributed by atoms with Crippen molar-refractivity contribution < 1.29 is 14.6 Å². The molecule has 0 radical (unpaired) electrons. The van der Waals surface area contributed by atoms with Crippen molar-refractivity contribution >= 4 is 21.9 Å². The predicted octanol–water partition coefficient (Wildman–Crippen LogP) is 7.68. The van der Waals surface area contributed by atoms with Crippen molar-refractivity contribution in [2.45, 2.75) is 110 Å². The minimum absolute atomic E-state index is 0.0255.